The van der Waals surface area contributed by atoms with Gasteiger partial charge in [0.05, 0.1) is 25.1 Å². The first kappa shape index (κ1) is 22.7. The predicted molar refractivity (Wildman–Crippen MR) is 125 cm³/mol. The Morgan fingerprint density at radius 1 is 1.09 bits per heavy atom. The summed E-state index contributed by atoms with van der Waals surface area (Å²) in [7, 11) is 0. The minimum absolute atomic E-state index is 0.0738. The molecule has 2 amide bonds. The van der Waals surface area contributed by atoms with Gasteiger partial charge in [-0.1, -0.05) is 48.5 Å². The molecule has 5 rings (SSSR count). The topological polar surface area (TPSA) is 118 Å². The number of carbonyl (C=O) groups is 3. The van der Waals surface area contributed by atoms with E-state index >= 15 is 0 Å². The fourth-order valence-electron chi connectivity index (χ4n) is 4.63. The van der Waals surface area contributed by atoms with Gasteiger partial charge < -0.3 is 23.9 Å². The van der Waals surface area contributed by atoms with Gasteiger partial charge in [-0.25, -0.2) is 9.59 Å². The van der Waals surface area contributed by atoms with E-state index in [-0.39, 0.29) is 43.7 Å². The van der Waals surface area contributed by atoms with Crippen molar-refractivity contribution in [2.45, 2.75) is 18.4 Å². The number of rotatable bonds is 5. The van der Waals surface area contributed by atoms with Crippen molar-refractivity contribution >= 4 is 23.7 Å². The number of hydrogen-bond acceptors (Lipinski definition) is 6. The van der Waals surface area contributed by atoms with Crippen molar-refractivity contribution in [2.75, 3.05) is 31.6 Å². The fourth-order valence-corrected chi connectivity index (χ4v) is 4.63. The Balaban J connectivity index is 1.26. The Hall–Kier alpha value is -4.11. The molecular weight excluding hydrogens is 452 g/mol. The second-order valence-electron chi connectivity index (χ2n) is 8.73. The number of nitrogens with zero attached hydrogens (tertiary/aromatic N) is 1. The van der Waals surface area contributed by atoms with E-state index in [9.17, 15) is 19.5 Å². The molecule has 0 radical (unpaired) electrons. The van der Waals surface area contributed by atoms with Crippen LogP contribution in [0.2, 0.25) is 0 Å². The third kappa shape index (κ3) is 4.15. The Kier molecular flexibility index (Phi) is 5.78. The van der Waals surface area contributed by atoms with Gasteiger partial charge in [-0.3, -0.25) is 10.1 Å². The lowest BCUT2D eigenvalue weighted by Crippen LogP contribution is -2.56. The van der Waals surface area contributed by atoms with Gasteiger partial charge in [0.25, 0.3) is 5.91 Å². The number of fused-ring (bicyclic) bond motifs is 3. The highest BCUT2D eigenvalue weighted by Crippen LogP contribution is 2.44. The molecule has 2 aliphatic rings. The molecule has 9 nitrogen and oxygen atoms in total. The van der Waals surface area contributed by atoms with Crippen LogP contribution in [-0.4, -0.2) is 59.9 Å². The predicted octanol–water partition coefficient (Wildman–Crippen LogP) is 3.96. The van der Waals surface area contributed by atoms with Crippen molar-refractivity contribution in [3.05, 3.63) is 77.7 Å². The molecular formula is C26H24N2O7. The maximum atomic E-state index is 13.0. The molecule has 1 aromatic heterocycles. The number of carbonyl (C=O) groups excluding carboxylic acids is 2. The summed E-state index contributed by atoms with van der Waals surface area (Å²) >= 11 is 0. The van der Waals surface area contributed by atoms with Crippen LogP contribution in [0.4, 0.5) is 10.5 Å². The summed E-state index contributed by atoms with van der Waals surface area (Å²) < 4.78 is 16.2. The number of furan rings is 1. The van der Waals surface area contributed by atoms with Crippen LogP contribution in [0.25, 0.3) is 11.1 Å². The summed E-state index contributed by atoms with van der Waals surface area (Å²) in [4.78, 5) is 38.5. The van der Waals surface area contributed by atoms with Gasteiger partial charge in [0.15, 0.2) is 5.60 Å². The van der Waals surface area contributed by atoms with Crippen LogP contribution < -0.4 is 5.32 Å². The number of nitrogens with one attached hydrogen (secondary N) is 1. The number of amides is 2. The van der Waals surface area contributed by atoms with Crippen molar-refractivity contribution in [1.82, 2.24) is 4.90 Å². The average Bonchev–Trinajstić information content (AvgIpc) is 3.44. The lowest BCUT2D eigenvalue weighted by Gasteiger charge is -2.37. The van der Waals surface area contributed by atoms with Crippen molar-refractivity contribution in [2.24, 2.45) is 0 Å². The maximum absolute atomic E-state index is 13.0. The summed E-state index contributed by atoms with van der Waals surface area (Å²) in [5.41, 5.74) is 3.07. The highest BCUT2D eigenvalue weighted by Gasteiger charge is 2.42. The molecule has 0 spiro atoms. The molecule has 1 atom stereocenters. The van der Waals surface area contributed by atoms with Gasteiger partial charge in [0.2, 0.25) is 5.76 Å². The minimum atomic E-state index is -1.51. The van der Waals surface area contributed by atoms with Crippen LogP contribution >= 0.6 is 0 Å². The number of benzene rings is 2. The van der Waals surface area contributed by atoms with E-state index < -0.39 is 23.6 Å². The first-order chi connectivity index (χ1) is 16.9. The SMILES string of the molecule is CC1(C(=O)O)CN(C(=O)c2occc2NC(=O)OCC2c3ccccc3-c3ccccc32)CCO1. The van der Waals surface area contributed by atoms with Crippen LogP contribution in [0, 0.1) is 0 Å². The number of morpholine rings is 1. The van der Waals surface area contributed by atoms with Gasteiger partial charge in [0.1, 0.15) is 6.61 Å². The third-order valence-corrected chi connectivity index (χ3v) is 6.45. The number of anilines is 1. The van der Waals surface area contributed by atoms with Crippen LogP contribution in [0.3, 0.4) is 0 Å². The van der Waals surface area contributed by atoms with Gasteiger partial charge in [-0.15, -0.1) is 0 Å². The smallest absolute Gasteiger partial charge is 0.411 e. The Labute approximate surface area is 201 Å². The molecule has 0 saturated carbocycles. The molecule has 180 valence electrons. The minimum Gasteiger partial charge on any atom is -0.479 e. The average molecular weight is 476 g/mol. The molecule has 9 heteroatoms. The summed E-state index contributed by atoms with van der Waals surface area (Å²) in [6, 6.07) is 17.5. The summed E-state index contributed by atoms with van der Waals surface area (Å²) in [6.45, 7) is 1.66. The van der Waals surface area contributed by atoms with E-state index in [0.717, 1.165) is 22.3 Å². The standard InChI is InChI=1S/C26H24N2O7/c1-26(24(30)31)15-28(11-13-35-26)23(29)22-21(10-12-33-22)27-25(32)34-14-20-18-8-4-2-6-16(18)17-7-3-5-9-19(17)20/h2-10,12,20H,11,13-15H2,1H3,(H,27,32)(H,30,31). The second kappa shape index (κ2) is 8.92. The molecule has 1 aliphatic heterocycles. The van der Waals surface area contributed by atoms with Crippen LogP contribution in [0.5, 0.6) is 0 Å². The Morgan fingerprint density at radius 3 is 2.40 bits per heavy atom. The largest absolute Gasteiger partial charge is 0.479 e. The van der Waals surface area contributed by atoms with E-state index in [1.807, 2.05) is 36.4 Å². The third-order valence-electron chi connectivity index (χ3n) is 6.45. The molecule has 0 bridgehead atoms. The monoisotopic (exact) mass is 476 g/mol. The number of hydrogen-bond donors (Lipinski definition) is 2. The van der Waals surface area contributed by atoms with E-state index in [2.05, 4.69) is 17.4 Å². The normalized spacial score (nSPS) is 19.1. The maximum Gasteiger partial charge on any atom is 0.411 e. The zero-order valence-corrected chi connectivity index (χ0v) is 19.0. The fraction of sp³-hybridized carbons (Fsp3) is 0.269. The van der Waals surface area contributed by atoms with Gasteiger partial charge in [-0.2, -0.15) is 0 Å². The van der Waals surface area contributed by atoms with Crippen LogP contribution in [0.1, 0.15) is 34.5 Å². The number of carboxylic acid groups (broad SMARTS) is 1. The lowest BCUT2D eigenvalue weighted by molar-refractivity contribution is -0.171. The molecule has 3 aromatic rings. The molecule has 1 saturated heterocycles. The Bertz CT molecular complexity index is 1250. The zero-order chi connectivity index (χ0) is 24.6. The van der Waals surface area contributed by atoms with E-state index in [1.54, 1.807) is 0 Å². The first-order valence-corrected chi connectivity index (χ1v) is 11.2. The quantitative estimate of drug-likeness (QED) is 0.572. The summed E-state index contributed by atoms with van der Waals surface area (Å²) in [5, 5.41) is 12.0. The molecule has 1 unspecified atom stereocenters. The van der Waals surface area contributed by atoms with Gasteiger partial charge >= 0.3 is 12.1 Å². The second-order valence-corrected chi connectivity index (χ2v) is 8.73. The molecule has 2 aromatic carbocycles. The molecule has 1 fully saturated rings. The van der Waals surface area contributed by atoms with Gasteiger partial charge in [0, 0.05) is 18.5 Å². The van der Waals surface area contributed by atoms with Crippen molar-refractivity contribution in [3.63, 3.8) is 0 Å². The number of carboxylic acids is 1. The summed E-state index contributed by atoms with van der Waals surface area (Å²) in [6.07, 6.45) is 0.558. The molecule has 2 N–H and O–H groups in total. The molecule has 35 heavy (non-hydrogen) atoms. The van der Waals surface area contributed by atoms with Crippen molar-refractivity contribution in [3.8, 4) is 11.1 Å². The summed E-state index contributed by atoms with van der Waals surface area (Å²) in [5.74, 6) is -1.90. The molecule has 1 aliphatic carbocycles. The van der Waals surface area contributed by atoms with Crippen LogP contribution in [-0.2, 0) is 14.3 Å². The lowest BCUT2D eigenvalue weighted by atomic mass is 9.98. The highest BCUT2D eigenvalue weighted by atomic mass is 16.5. The van der Waals surface area contributed by atoms with Crippen molar-refractivity contribution < 1.29 is 33.4 Å². The Morgan fingerprint density at radius 2 is 1.74 bits per heavy atom. The molecule has 2 heterocycles. The highest BCUT2D eigenvalue weighted by molar-refractivity contribution is 6.00. The van der Waals surface area contributed by atoms with E-state index in [4.69, 9.17) is 13.9 Å². The van der Waals surface area contributed by atoms with Crippen LogP contribution in [0.15, 0.2) is 65.3 Å². The number of aliphatic carboxylic acids is 1. The zero-order valence-electron chi connectivity index (χ0n) is 19.0. The van der Waals surface area contributed by atoms with E-state index in [1.165, 1.54) is 24.2 Å². The number of ether oxygens (including phenoxy) is 2. The van der Waals surface area contributed by atoms with Crippen molar-refractivity contribution in [1.29, 1.82) is 0 Å². The van der Waals surface area contributed by atoms with E-state index in [0.29, 0.717) is 0 Å². The first-order valence-electron chi connectivity index (χ1n) is 11.2. The van der Waals surface area contributed by atoms with Gasteiger partial charge in [-0.05, 0) is 29.2 Å².